The zero-order chi connectivity index (χ0) is 17.1. The summed E-state index contributed by atoms with van der Waals surface area (Å²) in [5.41, 5.74) is -2.67. The van der Waals surface area contributed by atoms with Crippen LogP contribution in [0.3, 0.4) is 0 Å². The molecular weight excluding hydrogens is 323 g/mol. The first kappa shape index (κ1) is 17.5. The van der Waals surface area contributed by atoms with Crippen molar-refractivity contribution in [1.82, 2.24) is 4.98 Å². The first-order valence-corrected chi connectivity index (χ1v) is 5.47. The second-order valence-corrected chi connectivity index (χ2v) is 3.58. The molecule has 0 aliphatic carbocycles. The molecule has 0 aromatic carbocycles. The van der Waals surface area contributed by atoms with Crippen molar-refractivity contribution < 1.29 is 41.1 Å². The van der Waals surface area contributed by atoms with Crippen LogP contribution in [-0.4, -0.2) is 28.8 Å². The van der Waals surface area contributed by atoms with Crippen LogP contribution in [0.4, 0.5) is 27.8 Å². The Balaban J connectivity index is 3.59. The van der Waals surface area contributed by atoms with Gasteiger partial charge in [-0.1, -0.05) is 0 Å². The maximum Gasteiger partial charge on any atom is 0.575 e. The van der Waals surface area contributed by atoms with Crippen molar-refractivity contribution in [2.75, 3.05) is 6.61 Å². The summed E-state index contributed by atoms with van der Waals surface area (Å²) in [5.74, 6) is -4.57. The molecule has 12 heteroatoms. The minimum Gasteiger partial charge on any atom is -0.462 e. The first-order chi connectivity index (χ1) is 10.1. The molecule has 122 valence electrons. The number of carbonyl (C=O) groups excluding carboxylic acids is 1. The minimum absolute atomic E-state index is 0.181. The molecule has 1 aromatic rings. The van der Waals surface area contributed by atoms with Crippen molar-refractivity contribution in [1.29, 1.82) is 0 Å². The van der Waals surface area contributed by atoms with Crippen molar-refractivity contribution in [3.8, 4) is 5.88 Å². The van der Waals surface area contributed by atoms with Crippen molar-refractivity contribution in [3.05, 3.63) is 27.3 Å². The van der Waals surface area contributed by atoms with E-state index in [9.17, 15) is 36.9 Å². The van der Waals surface area contributed by atoms with Gasteiger partial charge in [-0.15, -0.1) is 13.2 Å². The molecule has 0 aliphatic rings. The lowest BCUT2D eigenvalue weighted by Gasteiger charge is -2.12. The molecule has 22 heavy (non-hydrogen) atoms. The molecule has 0 atom stereocenters. The van der Waals surface area contributed by atoms with Crippen LogP contribution in [0.1, 0.15) is 29.3 Å². The molecule has 0 radical (unpaired) electrons. The number of rotatable bonds is 5. The smallest absolute Gasteiger partial charge is 0.462 e. The molecule has 0 saturated heterocycles. The number of pyridine rings is 1. The zero-order valence-corrected chi connectivity index (χ0v) is 10.7. The average Bonchev–Trinajstić information content (AvgIpc) is 2.35. The van der Waals surface area contributed by atoms with Crippen LogP contribution >= 0.6 is 0 Å². The van der Waals surface area contributed by atoms with E-state index in [0.29, 0.717) is 0 Å². The van der Waals surface area contributed by atoms with Crippen LogP contribution in [0.25, 0.3) is 0 Å². The number of halogens is 5. The molecule has 0 amide bonds. The van der Waals surface area contributed by atoms with E-state index in [1.807, 2.05) is 0 Å². The number of alkyl halides is 5. The highest BCUT2D eigenvalue weighted by molar-refractivity contribution is 5.94. The van der Waals surface area contributed by atoms with E-state index in [1.54, 1.807) is 0 Å². The van der Waals surface area contributed by atoms with Gasteiger partial charge >= 0.3 is 24.0 Å². The molecule has 0 N–H and O–H groups in total. The molecule has 1 heterocycles. The quantitative estimate of drug-likeness (QED) is 0.357. The lowest BCUT2D eigenvalue weighted by molar-refractivity contribution is -0.390. The molecular formula is C10H7F5N2O5. The van der Waals surface area contributed by atoms with Crippen LogP contribution in [0, 0.1) is 10.1 Å². The van der Waals surface area contributed by atoms with Gasteiger partial charge in [0.05, 0.1) is 6.61 Å². The number of esters is 1. The fourth-order valence-corrected chi connectivity index (χ4v) is 1.38. The molecule has 0 aliphatic heterocycles. The van der Waals surface area contributed by atoms with Crippen LogP contribution in [0.15, 0.2) is 6.07 Å². The lowest BCUT2D eigenvalue weighted by atomic mass is 10.1. The number of nitro groups is 1. The number of hydrogen-bond donors (Lipinski definition) is 0. The van der Waals surface area contributed by atoms with E-state index in [1.165, 1.54) is 6.92 Å². The van der Waals surface area contributed by atoms with Gasteiger partial charge in [0.15, 0.2) is 5.56 Å². The third kappa shape index (κ3) is 4.23. The van der Waals surface area contributed by atoms with Gasteiger partial charge < -0.3 is 19.6 Å². The summed E-state index contributed by atoms with van der Waals surface area (Å²) < 4.78 is 70.2. The second kappa shape index (κ2) is 6.49. The first-order valence-electron chi connectivity index (χ1n) is 5.47. The Morgan fingerprint density at radius 3 is 2.45 bits per heavy atom. The Bertz CT molecular complexity index is 590. The van der Waals surface area contributed by atoms with Crippen molar-refractivity contribution in [2.45, 2.75) is 19.7 Å². The predicted octanol–water partition coefficient (Wildman–Crippen LogP) is 3.00. The highest BCUT2D eigenvalue weighted by Gasteiger charge is 2.40. The van der Waals surface area contributed by atoms with Crippen LogP contribution in [0.2, 0.25) is 0 Å². The molecule has 0 fully saturated rings. The van der Waals surface area contributed by atoms with E-state index in [-0.39, 0.29) is 12.7 Å². The van der Waals surface area contributed by atoms with Gasteiger partial charge in [-0.3, -0.25) is 0 Å². The largest absolute Gasteiger partial charge is 0.575 e. The van der Waals surface area contributed by atoms with Gasteiger partial charge in [-0.05, 0) is 11.8 Å². The zero-order valence-electron chi connectivity index (χ0n) is 10.7. The Morgan fingerprint density at radius 1 is 1.45 bits per heavy atom. The average molecular weight is 330 g/mol. The standard InChI is InChI=1S/C10H7F5N2O5/c1-2-21-9(18)6-4(7(11)12)3-5(17(19)20)16-8(6)22-10(13,14)15/h3,7H,2H2,1H3. The Labute approximate surface area is 118 Å². The lowest BCUT2D eigenvalue weighted by Crippen LogP contribution is -2.22. The highest BCUT2D eigenvalue weighted by atomic mass is 19.4. The summed E-state index contributed by atoms with van der Waals surface area (Å²) in [6.45, 7) is 0.951. The summed E-state index contributed by atoms with van der Waals surface area (Å²) in [5, 5.41) is 10.5. The number of nitrogens with zero attached hydrogens (tertiary/aromatic N) is 2. The molecule has 0 saturated carbocycles. The number of carbonyl (C=O) groups is 1. The fraction of sp³-hybridized carbons (Fsp3) is 0.400. The van der Waals surface area contributed by atoms with E-state index in [0.717, 1.165) is 0 Å². The Hall–Kier alpha value is -2.53. The summed E-state index contributed by atoms with van der Waals surface area (Å²) in [4.78, 5) is 23.6. The number of hydrogen-bond acceptors (Lipinski definition) is 6. The van der Waals surface area contributed by atoms with Gasteiger partial charge in [0.2, 0.25) is 0 Å². The predicted molar refractivity (Wildman–Crippen MR) is 58.5 cm³/mol. The van der Waals surface area contributed by atoms with Crippen molar-refractivity contribution in [3.63, 3.8) is 0 Å². The van der Waals surface area contributed by atoms with E-state index < -0.39 is 46.5 Å². The van der Waals surface area contributed by atoms with Gasteiger partial charge in [-0.25, -0.2) is 13.6 Å². The van der Waals surface area contributed by atoms with E-state index in [2.05, 4.69) is 14.5 Å². The van der Waals surface area contributed by atoms with Gasteiger partial charge in [0.1, 0.15) is 0 Å². The summed E-state index contributed by atoms with van der Waals surface area (Å²) in [7, 11) is 0. The van der Waals surface area contributed by atoms with Gasteiger partial charge in [0.25, 0.3) is 6.43 Å². The van der Waals surface area contributed by atoms with Crippen molar-refractivity contribution >= 4 is 11.8 Å². The maximum atomic E-state index is 12.9. The molecule has 0 spiro atoms. The van der Waals surface area contributed by atoms with Gasteiger partial charge in [0, 0.05) is 16.6 Å². The molecule has 1 rings (SSSR count). The number of ether oxygens (including phenoxy) is 2. The van der Waals surface area contributed by atoms with Crippen LogP contribution in [0.5, 0.6) is 5.88 Å². The Kier molecular flexibility index (Phi) is 5.17. The molecule has 0 bridgehead atoms. The summed E-state index contributed by atoms with van der Waals surface area (Å²) in [6.07, 6.45) is -8.89. The topological polar surface area (TPSA) is 91.6 Å². The SMILES string of the molecule is CCOC(=O)c1c(C(F)F)cc([N+](=O)[O-])nc1OC(F)(F)F. The third-order valence-electron chi connectivity index (χ3n) is 2.12. The van der Waals surface area contributed by atoms with E-state index >= 15 is 0 Å². The highest BCUT2D eigenvalue weighted by Crippen LogP contribution is 2.34. The molecule has 0 unspecified atom stereocenters. The van der Waals surface area contributed by atoms with E-state index in [4.69, 9.17) is 0 Å². The fourth-order valence-electron chi connectivity index (χ4n) is 1.38. The van der Waals surface area contributed by atoms with Crippen molar-refractivity contribution in [2.24, 2.45) is 0 Å². The van der Waals surface area contributed by atoms with Gasteiger partial charge in [-0.2, -0.15) is 0 Å². The van der Waals surface area contributed by atoms with Crippen LogP contribution in [-0.2, 0) is 4.74 Å². The summed E-state index contributed by atoms with van der Waals surface area (Å²) >= 11 is 0. The normalized spacial score (nSPS) is 11.4. The second-order valence-electron chi connectivity index (χ2n) is 3.58. The Morgan fingerprint density at radius 2 is 2.05 bits per heavy atom. The monoisotopic (exact) mass is 330 g/mol. The maximum absolute atomic E-state index is 12.9. The minimum atomic E-state index is -5.40. The van der Waals surface area contributed by atoms with Crippen LogP contribution < -0.4 is 4.74 Å². The number of aromatic nitrogens is 1. The molecule has 7 nitrogen and oxygen atoms in total. The molecule has 1 aromatic heterocycles. The third-order valence-corrected chi connectivity index (χ3v) is 2.12. The summed E-state index contributed by atoms with van der Waals surface area (Å²) in [6, 6.07) is 0.181.